The molecule has 0 amide bonds. The Balaban J connectivity index is 2.01. The van der Waals surface area contributed by atoms with Crippen molar-refractivity contribution >= 4 is 28.6 Å². The second kappa shape index (κ2) is 6.56. The minimum absolute atomic E-state index is 0.115. The van der Waals surface area contributed by atoms with Gasteiger partial charge >= 0.3 is 5.97 Å². The molecule has 5 heteroatoms. The summed E-state index contributed by atoms with van der Waals surface area (Å²) in [6, 6.07) is 0. The number of carbonyl (C=O) groups is 1. The molecule has 1 heterocycles. The van der Waals surface area contributed by atoms with Gasteiger partial charge in [-0.15, -0.1) is 0 Å². The monoisotopic (exact) mass is 298 g/mol. The third-order valence-corrected chi connectivity index (χ3v) is 2.61. The SMILES string of the molecule is O=C(CI)OCCN1CCNCC1. The van der Waals surface area contributed by atoms with Crippen molar-refractivity contribution in [1.29, 1.82) is 0 Å². The lowest BCUT2D eigenvalue weighted by molar-refractivity contribution is -0.140. The van der Waals surface area contributed by atoms with Crippen LogP contribution in [-0.4, -0.2) is 54.6 Å². The highest BCUT2D eigenvalue weighted by Gasteiger charge is 2.09. The molecule has 1 aliphatic heterocycles. The maximum absolute atomic E-state index is 10.8. The van der Waals surface area contributed by atoms with Crippen LogP contribution < -0.4 is 5.32 Å². The van der Waals surface area contributed by atoms with Crippen LogP contribution in [0.15, 0.2) is 0 Å². The summed E-state index contributed by atoms with van der Waals surface area (Å²) in [5, 5.41) is 3.27. The highest BCUT2D eigenvalue weighted by atomic mass is 127. The molecule has 0 saturated carbocycles. The predicted octanol–water partition coefficient (Wildman–Crippen LogP) is -0.130. The first-order valence-electron chi connectivity index (χ1n) is 4.47. The molecule has 0 radical (unpaired) electrons. The molecule has 0 unspecified atom stereocenters. The topological polar surface area (TPSA) is 41.6 Å². The Bertz CT molecular complexity index is 160. The highest BCUT2D eigenvalue weighted by molar-refractivity contribution is 14.1. The molecule has 0 spiro atoms. The quantitative estimate of drug-likeness (QED) is 0.446. The molecule has 0 aromatic rings. The van der Waals surface area contributed by atoms with E-state index in [1.165, 1.54) is 0 Å². The number of nitrogens with one attached hydrogen (secondary N) is 1. The number of halogens is 1. The van der Waals surface area contributed by atoms with Gasteiger partial charge in [-0.1, -0.05) is 22.6 Å². The summed E-state index contributed by atoms with van der Waals surface area (Å²) in [5.41, 5.74) is 0. The minimum Gasteiger partial charge on any atom is -0.464 e. The van der Waals surface area contributed by atoms with Crippen LogP contribution in [0.2, 0.25) is 0 Å². The molecule has 4 nitrogen and oxygen atoms in total. The first-order chi connectivity index (χ1) is 6.33. The van der Waals surface area contributed by atoms with Crippen LogP contribution >= 0.6 is 22.6 Å². The number of nitrogens with zero attached hydrogens (tertiary/aromatic N) is 1. The molecule has 1 saturated heterocycles. The third-order valence-electron chi connectivity index (χ3n) is 1.99. The maximum atomic E-state index is 10.8. The summed E-state index contributed by atoms with van der Waals surface area (Å²) in [5.74, 6) is -0.115. The van der Waals surface area contributed by atoms with Gasteiger partial charge in [-0.2, -0.15) is 0 Å². The van der Waals surface area contributed by atoms with Crippen LogP contribution in [-0.2, 0) is 9.53 Å². The minimum atomic E-state index is -0.115. The van der Waals surface area contributed by atoms with E-state index in [9.17, 15) is 4.79 Å². The van der Waals surface area contributed by atoms with E-state index in [4.69, 9.17) is 4.74 Å². The van der Waals surface area contributed by atoms with Gasteiger partial charge in [0.15, 0.2) is 0 Å². The van der Waals surface area contributed by atoms with E-state index in [2.05, 4.69) is 10.2 Å². The molecular formula is C8H15IN2O2. The van der Waals surface area contributed by atoms with Crippen molar-refractivity contribution in [1.82, 2.24) is 10.2 Å². The second-order valence-corrected chi connectivity index (χ2v) is 3.71. The summed E-state index contributed by atoms with van der Waals surface area (Å²) >= 11 is 2.01. The summed E-state index contributed by atoms with van der Waals surface area (Å²) in [4.78, 5) is 13.1. The molecule has 1 N–H and O–H groups in total. The van der Waals surface area contributed by atoms with Crippen LogP contribution in [0.5, 0.6) is 0 Å². The van der Waals surface area contributed by atoms with Crippen LogP contribution in [0.4, 0.5) is 0 Å². The Morgan fingerprint density at radius 3 is 2.77 bits per heavy atom. The van der Waals surface area contributed by atoms with Gasteiger partial charge in [0.05, 0.1) is 4.43 Å². The largest absolute Gasteiger partial charge is 0.464 e. The Morgan fingerprint density at radius 2 is 2.15 bits per heavy atom. The average molecular weight is 298 g/mol. The lowest BCUT2D eigenvalue weighted by Crippen LogP contribution is -2.44. The first kappa shape index (κ1) is 11.2. The van der Waals surface area contributed by atoms with Crippen LogP contribution in [0, 0.1) is 0 Å². The van der Waals surface area contributed by atoms with Crippen molar-refractivity contribution in [2.24, 2.45) is 0 Å². The molecule has 0 aromatic heterocycles. The fourth-order valence-corrected chi connectivity index (χ4v) is 1.48. The van der Waals surface area contributed by atoms with E-state index < -0.39 is 0 Å². The average Bonchev–Trinajstić information content (AvgIpc) is 2.19. The van der Waals surface area contributed by atoms with Gasteiger partial charge in [0, 0.05) is 32.7 Å². The van der Waals surface area contributed by atoms with Crippen molar-refractivity contribution in [2.45, 2.75) is 0 Å². The number of carbonyl (C=O) groups excluding carboxylic acids is 1. The number of piperazine rings is 1. The lowest BCUT2D eigenvalue weighted by atomic mass is 10.4. The van der Waals surface area contributed by atoms with Crippen LogP contribution in [0.1, 0.15) is 0 Å². The molecule has 76 valence electrons. The van der Waals surface area contributed by atoms with Crippen molar-refractivity contribution in [2.75, 3.05) is 43.8 Å². The van der Waals surface area contributed by atoms with Crippen LogP contribution in [0.25, 0.3) is 0 Å². The normalized spacial score (nSPS) is 18.5. The molecule has 0 aromatic carbocycles. The van der Waals surface area contributed by atoms with Gasteiger partial charge in [-0.3, -0.25) is 9.69 Å². The summed E-state index contributed by atoms with van der Waals surface area (Å²) in [7, 11) is 0. The Morgan fingerprint density at radius 1 is 1.46 bits per heavy atom. The lowest BCUT2D eigenvalue weighted by Gasteiger charge is -2.26. The van der Waals surface area contributed by atoms with E-state index in [1.54, 1.807) is 0 Å². The molecule has 0 bridgehead atoms. The molecule has 1 rings (SSSR count). The molecular weight excluding hydrogens is 283 g/mol. The number of hydrogen-bond acceptors (Lipinski definition) is 4. The number of alkyl halides is 1. The summed E-state index contributed by atoms with van der Waals surface area (Å²) in [6.45, 7) is 5.59. The van der Waals surface area contributed by atoms with E-state index in [0.29, 0.717) is 11.0 Å². The fraction of sp³-hybridized carbons (Fsp3) is 0.875. The zero-order chi connectivity index (χ0) is 9.52. The summed E-state index contributed by atoms with van der Waals surface area (Å²) < 4.78 is 5.43. The Kier molecular flexibility index (Phi) is 5.65. The number of hydrogen-bond donors (Lipinski definition) is 1. The van der Waals surface area contributed by atoms with Gasteiger partial charge < -0.3 is 10.1 Å². The van der Waals surface area contributed by atoms with Gasteiger partial charge in [0.1, 0.15) is 6.61 Å². The zero-order valence-corrected chi connectivity index (χ0v) is 9.75. The van der Waals surface area contributed by atoms with Crippen molar-refractivity contribution in [3.8, 4) is 0 Å². The van der Waals surface area contributed by atoms with E-state index in [1.807, 2.05) is 22.6 Å². The second-order valence-electron chi connectivity index (χ2n) is 2.95. The van der Waals surface area contributed by atoms with Gasteiger partial charge in [0.25, 0.3) is 0 Å². The zero-order valence-electron chi connectivity index (χ0n) is 7.59. The van der Waals surface area contributed by atoms with E-state index in [0.717, 1.165) is 32.7 Å². The Hall–Kier alpha value is 0.120. The van der Waals surface area contributed by atoms with Crippen LogP contribution in [0.3, 0.4) is 0 Å². The fourth-order valence-electron chi connectivity index (χ4n) is 1.26. The summed E-state index contributed by atoms with van der Waals surface area (Å²) in [6.07, 6.45) is 0. The molecule has 13 heavy (non-hydrogen) atoms. The van der Waals surface area contributed by atoms with Gasteiger partial charge in [-0.25, -0.2) is 0 Å². The van der Waals surface area contributed by atoms with Crippen molar-refractivity contribution < 1.29 is 9.53 Å². The van der Waals surface area contributed by atoms with Crippen molar-refractivity contribution in [3.05, 3.63) is 0 Å². The standard InChI is InChI=1S/C8H15IN2O2/c9-7-8(12)13-6-5-11-3-1-10-2-4-11/h10H,1-7H2. The molecule has 1 aliphatic rings. The number of esters is 1. The van der Waals surface area contributed by atoms with Crippen molar-refractivity contribution in [3.63, 3.8) is 0 Å². The molecule has 0 atom stereocenters. The smallest absolute Gasteiger partial charge is 0.315 e. The van der Waals surface area contributed by atoms with Gasteiger partial charge in [-0.05, 0) is 0 Å². The molecule has 1 fully saturated rings. The van der Waals surface area contributed by atoms with E-state index >= 15 is 0 Å². The van der Waals surface area contributed by atoms with Gasteiger partial charge in [0.2, 0.25) is 0 Å². The highest BCUT2D eigenvalue weighted by Crippen LogP contribution is 1.92. The Labute approximate surface area is 92.1 Å². The number of ether oxygens (including phenoxy) is 1. The predicted molar refractivity (Wildman–Crippen MR) is 59.2 cm³/mol. The van der Waals surface area contributed by atoms with E-state index in [-0.39, 0.29) is 5.97 Å². The maximum Gasteiger partial charge on any atom is 0.315 e. The third kappa shape index (κ3) is 4.78. The molecule has 0 aliphatic carbocycles. The number of rotatable bonds is 4. The first-order valence-corrected chi connectivity index (χ1v) is 6.00.